The van der Waals surface area contributed by atoms with E-state index in [2.05, 4.69) is 29.7 Å². The number of halogens is 1. The summed E-state index contributed by atoms with van der Waals surface area (Å²) in [6.45, 7) is 2.85. The van der Waals surface area contributed by atoms with Gasteiger partial charge < -0.3 is 9.47 Å². The SMILES string of the molecule is CCCCN1C(=O)c2ccccc2[C@@H]1c1c(-c2ccc(F)cc2)n(C)c2ccccc12. The van der Waals surface area contributed by atoms with Crippen molar-refractivity contribution in [2.75, 3.05) is 6.54 Å². The molecule has 156 valence electrons. The van der Waals surface area contributed by atoms with Gasteiger partial charge in [-0.2, -0.15) is 0 Å². The van der Waals surface area contributed by atoms with Gasteiger partial charge in [-0.25, -0.2) is 4.39 Å². The second-order valence-corrected chi connectivity index (χ2v) is 8.19. The van der Waals surface area contributed by atoms with Crippen LogP contribution in [0.1, 0.15) is 47.3 Å². The molecule has 1 aliphatic rings. The number of rotatable bonds is 5. The first kappa shape index (κ1) is 19.6. The van der Waals surface area contributed by atoms with Crippen molar-refractivity contribution in [2.24, 2.45) is 7.05 Å². The summed E-state index contributed by atoms with van der Waals surface area (Å²) < 4.78 is 15.9. The molecule has 0 fully saturated rings. The highest BCUT2D eigenvalue weighted by Gasteiger charge is 2.40. The Hall–Kier alpha value is -3.40. The van der Waals surface area contributed by atoms with E-state index in [0.717, 1.165) is 51.7 Å². The summed E-state index contributed by atoms with van der Waals surface area (Å²) >= 11 is 0. The van der Waals surface area contributed by atoms with Crippen molar-refractivity contribution >= 4 is 16.8 Å². The molecule has 0 saturated heterocycles. The van der Waals surface area contributed by atoms with Crippen molar-refractivity contribution < 1.29 is 9.18 Å². The molecule has 2 heterocycles. The van der Waals surface area contributed by atoms with Gasteiger partial charge in [-0.1, -0.05) is 49.7 Å². The van der Waals surface area contributed by atoms with Crippen LogP contribution in [0, 0.1) is 5.82 Å². The molecule has 1 aromatic heterocycles. The average molecular weight is 413 g/mol. The molecule has 3 nitrogen and oxygen atoms in total. The lowest BCUT2D eigenvalue weighted by atomic mass is 9.93. The lowest BCUT2D eigenvalue weighted by Crippen LogP contribution is -2.30. The first-order chi connectivity index (χ1) is 15.1. The first-order valence-corrected chi connectivity index (χ1v) is 10.8. The van der Waals surface area contributed by atoms with Gasteiger partial charge in [0, 0.05) is 35.6 Å². The average Bonchev–Trinajstić information content (AvgIpc) is 3.24. The molecule has 3 aromatic carbocycles. The number of unbranched alkanes of at least 4 members (excludes halogenated alkanes) is 1. The third-order valence-corrected chi connectivity index (χ3v) is 6.35. The van der Waals surface area contributed by atoms with E-state index in [9.17, 15) is 9.18 Å². The highest BCUT2D eigenvalue weighted by molar-refractivity contribution is 6.02. The number of fused-ring (bicyclic) bond motifs is 2. The van der Waals surface area contributed by atoms with Crippen LogP contribution in [-0.2, 0) is 7.05 Å². The van der Waals surface area contributed by atoms with Gasteiger partial charge in [0.2, 0.25) is 0 Å². The molecule has 0 bridgehead atoms. The van der Waals surface area contributed by atoms with Crippen LogP contribution in [0.15, 0.2) is 72.8 Å². The van der Waals surface area contributed by atoms with E-state index in [-0.39, 0.29) is 17.8 Å². The molecule has 4 heteroatoms. The summed E-state index contributed by atoms with van der Waals surface area (Å²) in [5.41, 5.74) is 6.01. The van der Waals surface area contributed by atoms with Crippen LogP contribution < -0.4 is 0 Å². The summed E-state index contributed by atoms with van der Waals surface area (Å²) in [7, 11) is 2.05. The summed E-state index contributed by atoms with van der Waals surface area (Å²) in [4.78, 5) is 15.4. The third kappa shape index (κ3) is 3.05. The largest absolute Gasteiger partial charge is 0.343 e. The zero-order valence-corrected chi connectivity index (χ0v) is 17.8. The van der Waals surface area contributed by atoms with Crippen molar-refractivity contribution in [3.8, 4) is 11.3 Å². The summed E-state index contributed by atoms with van der Waals surface area (Å²) in [6, 6.07) is 22.7. The Labute approximate surface area is 181 Å². The van der Waals surface area contributed by atoms with Crippen molar-refractivity contribution in [1.29, 1.82) is 0 Å². The van der Waals surface area contributed by atoms with Crippen LogP contribution in [0.4, 0.5) is 4.39 Å². The maximum absolute atomic E-state index is 13.7. The second kappa shape index (κ2) is 7.69. The minimum atomic E-state index is -0.255. The van der Waals surface area contributed by atoms with E-state index >= 15 is 0 Å². The summed E-state index contributed by atoms with van der Waals surface area (Å²) in [5.74, 6) is -0.165. The Morgan fingerprint density at radius 2 is 1.65 bits per heavy atom. The quantitative estimate of drug-likeness (QED) is 0.376. The Balaban J connectivity index is 1.82. The van der Waals surface area contributed by atoms with Crippen molar-refractivity contribution in [2.45, 2.75) is 25.8 Å². The highest BCUT2D eigenvalue weighted by Crippen LogP contribution is 2.46. The molecule has 0 radical (unpaired) electrons. The number of amides is 1. The molecule has 4 aromatic rings. The molecule has 0 N–H and O–H groups in total. The van der Waals surface area contributed by atoms with E-state index < -0.39 is 0 Å². The van der Waals surface area contributed by atoms with Gasteiger partial charge >= 0.3 is 0 Å². The number of hydrogen-bond donors (Lipinski definition) is 0. The Bertz CT molecular complexity index is 1270. The van der Waals surface area contributed by atoms with Crippen molar-refractivity contribution in [1.82, 2.24) is 9.47 Å². The standard InChI is InChI=1S/C27H25FN2O/c1-3-4-17-30-26(20-9-5-6-10-21(20)27(30)31)24-22-11-7-8-12-23(22)29(2)25(24)18-13-15-19(28)16-14-18/h5-16,26H,3-4,17H2,1-2H3/t26-/m1/s1. The minimum absolute atomic E-state index is 0.0899. The fourth-order valence-electron chi connectivity index (χ4n) is 4.90. The molecular weight excluding hydrogens is 387 g/mol. The zero-order chi connectivity index (χ0) is 21.5. The number of nitrogens with zero attached hydrogens (tertiary/aromatic N) is 2. The molecular formula is C27H25FN2O. The molecule has 1 aliphatic heterocycles. The molecule has 0 saturated carbocycles. The Kier molecular flexibility index (Phi) is 4.85. The van der Waals surface area contributed by atoms with Gasteiger partial charge in [-0.3, -0.25) is 4.79 Å². The monoisotopic (exact) mass is 412 g/mol. The van der Waals surface area contributed by atoms with E-state index in [4.69, 9.17) is 0 Å². The molecule has 31 heavy (non-hydrogen) atoms. The Morgan fingerprint density at radius 3 is 2.42 bits per heavy atom. The van der Waals surface area contributed by atoms with Gasteiger partial charge in [-0.05, 0) is 53.9 Å². The maximum atomic E-state index is 13.7. The predicted octanol–water partition coefficient (Wildman–Crippen LogP) is 6.33. The van der Waals surface area contributed by atoms with Crippen LogP contribution in [0.5, 0.6) is 0 Å². The van der Waals surface area contributed by atoms with Crippen LogP contribution in [0.2, 0.25) is 0 Å². The number of para-hydroxylation sites is 1. The number of aromatic nitrogens is 1. The van der Waals surface area contributed by atoms with Crippen molar-refractivity contribution in [3.63, 3.8) is 0 Å². The molecule has 0 spiro atoms. The van der Waals surface area contributed by atoms with E-state index in [1.165, 1.54) is 12.1 Å². The predicted molar refractivity (Wildman–Crippen MR) is 123 cm³/mol. The second-order valence-electron chi connectivity index (χ2n) is 8.19. The van der Waals surface area contributed by atoms with E-state index in [1.54, 1.807) is 0 Å². The van der Waals surface area contributed by atoms with Gasteiger partial charge in [0.25, 0.3) is 5.91 Å². The topological polar surface area (TPSA) is 25.2 Å². The third-order valence-electron chi connectivity index (χ3n) is 6.35. The van der Waals surface area contributed by atoms with Crippen LogP contribution in [0.3, 0.4) is 0 Å². The van der Waals surface area contributed by atoms with E-state index in [0.29, 0.717) is 6.54 Å². The number of carbonyl (C=O) groups excluding carboxylic acids is 1. The fourth-order valence-corrected chi connectivity index (χ4v) is 4.90. The van der Waals surface area contributed by atoms with Crippen LogP contribution in [0.25, 0.3) is 22.2 Å². The number of carbonyl (C=O) groups is 1. The summed E-state index contributed by atoms with van der Waals surface area (Å²) in [5, 5.41) is 1.13. The minimum Gasteiger partial charge on any atom is -0.343 e. The smallest absolute Gasteiger partial charge is 0.255 e. The lowest BCUT2D eigenvalue weighted by molar-refractivity contribution is 0.0748. The van der Waals surface area contributed by atoms with E-state index in [1.807, 2.05) is 54.4 Å². The molecule has 1 atom stereocenters. The number of aryl methyl sites for hydroxylation is 1. The van der Waals surface area contributed by atoms with Crippen LogP contribution in [-0.4, -0.2) is 21.9 Å². The first-order valence-electron chi connectivity index (χ1n) is 10.8. The highest BCUT2D eigenvalue weighted by atomic mass is 19.1. The maximum Gasteiger partial charge on any atom is 0.255 e. The molecule has 5 rings (SSSR count). The Morgan fingerprint density at radius 1 is 0.935 bits per heavy atom. The van der Waals surface area contributed by atoms with Gasteiger partial charge in [0.15, 0.2) is 0 Å². The fraction of sp³-hybridized carbons (Fsp3) is 0.222. The zero-order valence-electron chi connectivity index (χ0n) is 17.8. The normalized spacial score (nSPS) is 15.6. The number of benzene rings is 3. The molecule has 0 unspecified atom stereocenters. The number of hydrogen-bond acceptors (Lipinski definition) is 1. The van der Waals surface area contributed by atoms with Gasteiger partial charge in [0.1, 0.15) is 5.82 Å². The van der Waals surface area contributed by atoms with Gasteiger partial charge in [0.05, 0.1) is 11.7 Å². The van der Waals surface area contributed by atoms with Gasteiger partial charge in [-0.15, -0.1) is 0 Å². The summed E-state index contributed by atoms with van der Waals surface area (Å²) in [6.07, 6.45) is 1.97. The molecule has 0 aliphatic carbocycles. The van der Waals surface area contributed by atoms with Crippen molar-refractivity contribution in [3.05, 3.63) is 95.3 Å². The molecule has 1 amide bonds. The van der Waals surface area contributed by atoms with Crippen LogP contribution >= 0.6 is 0 Å². The lowest BCUT2D eigenvalue weighted by Gasteiger charge is -2.27.